The highest BCUT2D eigenvalue weighted by atomic mass is 18.2. The van der Waals surface area contributed by atoms with Gasteiger partial charge in [0.25, 0.3) is 0 Å². The van der Waals surface area contributed by atoms with Gasteiger partial charge in [0, 0.05) is 34.9 Å². The molecule has 5 heteroatoms. The van der Waals surface area contributed by atoms with Crippen LogP contribution in [0.3, 0.4) is 0 Å². The predicted molar refractivity (Wildman–Crippen MR) is 74.6 cm³/mol. The lowest BCUT2D eigenvalue weighted by atomic mass is 10.1. The van der Waals surface area contributed by atoms with E-state index < -0.39 is 5.95 Å². The van der Waals surface area contributed by atoms with Gasteiger partial charge in [-0.2, -0.15) is 4.39 Å². The Kier molecular flexibility index (Phi) is 2.26. The molecule has 0 radical (unpaired) electrons. The number of nitrogens with one attached hydrogen (secondary N) is 1. The second kappa shape index (κ2) is 4.09. The van der Waals surface area contributed by atoms with E-state index >= 15 is 0 Å². The number of hydrogen-bond acceptors (Lipinski definition) is 3. The number of H-pyrrole nitrogens is 1. The van der Waals surface area contributed by atoms with E-state index in [4.69, 9.17) is 0 Å². The van der Waals surface area contributed by atoms with Crippen LogP contribution in [-0.4, -0.2) is 19.9 Å². The van der Waals surface area contributed by atoms with Crippen molar-refractivity contribution < 1.29 is 4.39 Å². The summed E-state index contributed by atoms with van der Waals surface area (Å²) in [5.41, 5.74) is 3.32. The maximum atomic E-state index is 12.9. The zero-order chi connectivity index (χ0) is 13.5. The summed E-state index contributed by atoms with van der Waals surface area (Å²) in [6, 6.07) is 8.80. The zero-order valence-electron chi connectivity index (χ0n) is 10.3. The van der Waals surface area contributed by atoms with Crippen LogP contribution in [-0.2, 0) is 0 Å². The van der Waals surface area contributed by atoms with E-state index in [1.165, 1.54) is 12.3 Å². The number of aromatic nitrogens is 4. The fourth-order valence-electron chi connectivity index (χ4n) is 2.31. The first kappa shape index (κ1) is 11.0. The van der Waals surface area contributed by atoms with Gasteiger partial charge in [-0.3, -0.25) is 4.98 Å². The average molecular weight is 263 g/mol. The number of rotatable bonds is 1. The summed E-state index contributed by atoms with van der Waals surface area (Å²) in [5.74, 6) is -0.494. The number of nitrogens with zero attached hydrogens (tertiary/aromatic N) is 3. The minimum Gasteiger partial charge on any atom is -0.339 e. The molecule has 0 fully saturated rings. The SMILES string of the molecule is [18F]c1ccc(-c2ccc3c(n2)[nH]c2ccncc23)cn1. The van der Waals surface area contributed by atoms with Crippen LogP contribution in [0.2, 0.25) is 0 Å². The smallest absolute Gasteiger partial charge is 0.212 e. The molecule has 1 N–H and O–H groups in total. The third-order valence-electron chi connectivity index (χ3n) is 3.28. The van der Waals surface area contributed by atoms with E-state index in [0.29, 0.717) is 0 Å². The average Bonchev–Trinajstić information content (AvgIpc) is 2.85. The molecule has 0 amide bonds. The summed E-state index contributed by atoms with van der Waals surface area (Å²) < 4.78 is 12.9. The van der Waals surface area contributed by atoms with Crippen LogP contribution < -0.4 is 0 Å². The number of aromatic amines is 1. The second-order valence-corrected chi connectivity index (χ2v) is 4.51. The first-order chi connectivity index (χ1) is 9.81. The molecule has 0 atom stereocenters. The molecule has 0 aliphatic carbocycles. The highest BCUT2D eigenvalue weighted by Gasteiger charge is 2.07. The van der Waals surface area contributed by atoms with Crippen LogP contribution >= 0.6 is 0 Å². The van der Waals surface area contributed by atoms with Crippen LogP contribution in [0.1, 0.15) is 0 Å². The number of pyridine rings is 3. The van der Waals surface area contributed by atoms with Crippen molar-refractivity contribution in [2.75, 3.05) is 0 Å². The minimum absolute atomic E-state index is 0.494. The molecule has 4 heterocycles. The summed E-state index contributed by atoms with van der Waals surface area (Å²) in [6.07, 6.45) is 5.03. The Morgan fingerprint density at radius 2 is 1.90 bits per heavy atom. The molecule has 0 bridgehead atoms. The van der Waals surface area contributed by atoms with Crippen LogP contribution in [0.15, 0.2) is 48.9 Å². The van der Waals surface area contributed by atoms with Crippen LogP contribution in [0, 0.1) is 5.95 Å². The molecule has 4 aromatic rings. The molecule has 0 saturated carbocycles. The molecule has 96 valence electrons. The molecule has 4 nitrogen and oxygen atoms in total. The third kappa shape index (κ3) is 1.64. The Bertz CT molecular complexity index is 912. The van der Waals surface area contributed by atoms with Crippen LogP contribution in [0.25, 0.3) is 33.2 Å². The largest absolute Gasteiger partial charge is 0.339 e. The van der Waals surface area contributed by atoms with Crippen LogP contribution in [0.4, 0.5) is 4.39 Å². The van der Waals surface area contributed by atoms with Gasteiger partial charge in [0.2, 0.25) is 5.95 Å². The van der Waals surface area contributed by atoms with Gasteiger partial charge < -0.3 is 4.98 Å². The van der Waals surface area contributed by atoms with Crippen molar-refractivity contribution in [2.24, 2.45) is 0 Å². The summed E-state index contributed by atoms with van der Waals surface area (Å²) in [6.45, 7) is 0. The zero-order valence-corrected chi connectivity index (χ0v) is 10.3. The molecule has 4 aromatic heterocycles. The van der Waals surface area contributed by atoms with Gasteiger partial charge in [-0.1, -0.05) is 0 Å². The Balaban J connectivity index is 1.94. The van der Waals surface area contributed by atoms with E-state index in [2.05, 4.69) is 19.9 Å². The van der Waals surface area contributed by atoms with Crippen molar-refractivity contribution in [2.45, 2.75) is 0 Å². The molecular weight excluding hydrogens is 254 g/mol. The monoisotopic (exact) mass is 263 g/mol. The lowest BCUT2D eigenvalue weighted by Crippen LogP contribution is -1.87. The second-order valence-electron chi connectivity index (χ2n) is 4.51. The Morgan fingerprint density at radius 1 is 0.950 bits per heavy atom. The van der Waals surface area contributed by atoms with Crippen molar-refractivity contribution in [1.82, 2.24) is 19.9 Å². The van der Waals surface area contributed by atoms with Gasteiger partial charge in [0.15, 0.2) is 0 Å². The Hall–Kier alpha value is -2.82. The maximum absolute atomic E-state index is 12.9. The molecular formula is C15H9FN4. The van der Waals surface area contributed by atoms with E-state index in [9.17, 15) is 4.39 Å². The van der Waals surface area contributed by atoms with Crippen molar-refractivity contribution in [1.29, 1.82) is 0 Å². The number of fused-ring (bicyclic) bond motifs is 3. The standard InChI is InChI=1S/C15H9FN4/c16-14-4-1-9(7-18-14)12-3-2-10-11-8-17-6-5-13(11)20-15(10)19-12/h1-8H,(H,19,20)/i16-1. The number of hydrogen-bond donors (Lipinski definition) is 1. The van der Waals surface area contributed by atoms with Crippen LogP contribution in [0.5, 0.6) is 0 Å². The van der Waals surface area contributed by atoms with E-state index in [1.807, 2.05) is 24.4 Å². The van der Waals surface area contributed by atoms with E-state index in [1.54, 1.807) is 12.3 Å². The summed E-state index contributed by atoms with van der Waals surface area (Å²) in [4.78, 5) is 15.6. The molecule has 0 aliphatic heterocycles. The van der Waals surface area contributed by atoms with Gasteiger partial charge in [-0.15, -0.1) is 0 Å². The first-order valence-electron chi connectivity index (χ1n) is 6.16. The molecule has 0 aromatic carbocycles. The normalized spacial score (nSPS) is 11.2. The molecule has 20 heavy (non-hydrogen) atoms. The van der Waals surface area contributed by atoms with Gasteiger partial charge in [-0.05, 0) is 30.3 Å². The highest BCUT2D eigenvalue weighted by molar-refractivity contribution is 6.05. The van der Waals surface area contributed by atoms with E-state index in [0.717, 1.165) is 33.2 Å². The molecule has 0 aliphatic rings. The summed E-state index contributed by atoms with van der Waals surface area (Å²) in [5, 5.41) is 2.06. The lowest BCUT2D eigenvalue weighted by Gasteiger charge is -2.00. The molecule has 0 unspecified atom stereocenters. The first-order valence-corrected chi connectivity index (χ1v) is 6.16. The summed E-state index contributed by atoms with van der Waals surface area (Å²) >= 11 is 0. The molecule has 4 rings (SSSR count). The van der Waals surface area contributed by atoms with Gasteiger partial charge in [0.1, 0.15) is 5.65 Å². The van der Waals surface area contributed by atoms with Crippen molar-refractivity contribution >= 4 is 21.9 Å². The fraction of sp³-hybridized carbons (Fsp3) is 0. The fourth-order valence-corrected chi connectivity index (χ4v) is 2.31. The van der Waals surface area contributed by atoms with Gasteiger partial charge in [0.05, 0.1) is 11.2 Å². The topological polar surface area (TPSA) is 54.5 Å². The lowest BCUT2D eigenvalue weighted by molar-refractivity contribution is 0.584. The van der Waals surface area contributed by atoms with Crippen molar-refractivity contribution in [3.63, 3.8) is 0 Å². The third-order valence-corrected chi connectivity index (χ3v) is 3.28. The minimum atomic E-state index is -0.494. The van der Waals surface area contributed by atoms with Crippen molar-refractivity contribution in [3.05, 3.63) is 54.9 Å². The quantitative estimate of drug-likeness (QED) is 0.536. The molecule has 0 saturated heterocycles. The Morgan fingerprint density at radius 3 is 2.75 bits per heavy atom. The summed E-state index contributed by atoms with van der Waals surface area (Å²) in [7, 11) is 0. The maximum Gasteiger partial charge on any atom is 0.212 e. The number of halogens is 1. The Labute approximate surface area is 113 Å². The van der Waals surface area contributed by atoms with Crippen molar-refractivity contribution in [3.8, 4) is 11.3 Å². The predicted octanol–water partition coefficient (Wildman–Crippen LogP) is 3.31. The highest BCUT2D eigenvalue weighted by Crippen LogP contribution is 2.26. The van der Waals surface area contributed by atoms with Gasteiger partial charge >= 0.3 is 0 Å². The van der Waals surface area contributed by atoms with Gasteiger partial charge in [-0.25, -0.2) is 9.97 Å². The molecule has 0 spiro atoms. The van der Waals surface area contributed by atoms with E-state index in [-0.39, 0.29) is 0 Å².